The Morgan fingerprint density at radius 3 is 2.82 bits per heavy atom. The van der Waals surface area contributed by atoms with Crippen LogP contribution in [0.15, 0.2) is 6.33 Å². The van der Waals surface area contributed by atoms with Crippen LogP contribution < -0.4 is 5.32 Å². The van der Waals surface area contributed by atoms with Crippen molar-refractivity contribution in [3.8, 4) is 0 Å². The Morgan fingerprint density at radius 1 is 1.23 bits per heavy atom. The first kappa shape index (κ1) is 12.3. The van der Waals surface area contributed by atoms with E-state index in [2.05, 4.69) is 34.3 Å². The summed E-state index contributed by atoms with van der Waals surface area (Å²) in [5.74, 6) is 0.906. The minimum absolute atomic E-state index is 0.452. The maximum absolute atomic E-state index is 8.06. The molecule has 0 aliphatic heterocycles. The maximum atomic E-state index is 8.06. The summed E-state index contributed by atoms with van der Waals surface area (Å²) in [7, 11) is 4.32. The number of thiophene rings is 1. The molecule has 2 aliphatic rings. The van der Waals surface area contributed by atoms with Crippen molar-refractivity contribution in [1.82, 2.24) is 14.9 Å². The first-order chi connectivity index (χ1) is 11.4. The molecule has 0 saturated heterocycles. The fourth-order valence-electron chi connectivity index (χ4n) is 3.71. The van der Waals surface area contributed by atoms with Crippen LogP contribution in [0.25, 0.3) is 10.2 Å². The van der Waals surface area contributed by atoms with Gasteiger partial charge in [-0.05, 0) is 64.6 Å². The van der Waals surface area contributed by atoms with Gasteiger partial charge in [0.15, 0.2) is 0 Å². The predicted octanol–water partition coefficient (Wildman–Crippen LogP) is 3.46. The lowest BCUT2D eigenvalue weighted by Gasteiger charge is -2.33. The summed E-state index contributed by atoms with van der Waals surface area (Å²) in [6.07, 6.45) is 6.24. The van der Waals surface area contributed by atoms with Crippen molar-refractivity contribution in [1.29, 1.82) is 0 Å². The highest BCUT2D eigenvalue weighted by Crippen LogP contribution is 2.39. The van der Waals surface area contributed by atoms with E-state index < -0.39 is 6.37 Å². The van der Waals surface area contributed by atoms with Crippen LogP contribution in [0, 0.1) is 0 Å². The molecule has 1 N–H and O–H groups in total. The predicted molar refractivity (Wildman–Crippen MR) is 92.8 cm³/mol. The van der Waals surface area contributed by atoms with Gasteiger partial charge in [0.1, 0.15) is 17.0 Å². The molecule has 2 heterocycles. The monoisotopic (exact) mass is 318 g/mol. The quantitative estimate of drug-likeness (QED) is 0.941. The molecule has 0 atom stereocenters. The number of nitrogens with zero attached hydrogens (tertiary/aromatic N) is 3. The fourth-order valence-corrected chi connectivity index (χ4v) is 4.83. The second kappa shape index (κ2) is 5.78. The normalized spacial score (nSPS) is 28.5. The van der Waals surface area contributed by atoms with Crippen LogP contribution in [-0.4, -0.2) is 41.0 Å². The molecule has 0 unspecified atom stereocenters. The van der Waals surface area contributed by atoms with Crippen LogP contribution in [0.5, 0.6) is 0 Å². The fraction of sp³-hybridized carbons (Fsp3) is 0.647. The molecule has 0 amide bonds. The van der Waals surface area contributed by atoms with Crippen molar-refractivity contribution < 1.29 is 2.74 Å². The molecule has 2 aromatic heterocycles. The molecule has 2 aliphatic carbocycles. The minimum Gasteiger partial charge on any atom is -0.367 e. The third kappa shape index (κ3) is 2.50. The van der Waals surface area contributed by atoms with E-state index in [0.717, 1.165) is 39.3 Å². The van der Waals surface area contributed by atoms with Gasteiger partial charge in [-0.25, -0.2) is 9.97 Å². The van der Waals surface area contributed by atoms with Crippen LogP contribution in [0.1, 0.15) is 45.2 Å². The number of anilines is 1. The van der Waals surface area contributed by atoms with Gasteiger partial charge in [-0.3, -0.25) is 0 Å². The van der Waals surface area contributed by atoms with Crippen molar-refractivity contribution in [3.63, 3.8) is 0 Å². The number of hydrogen-bond acceptors (Lipinski definition) is 5. The number of hydrogen-bond donors (Lipinski definition) is 1. The van der Waals surface area contributed by atoms with Crippen molar-refractivity contribution in [2.45, 2.75) is 57.0 Å². The van der Waals surface area contributed by atoms with Crippen LogP contribution in [-0.2, 0) is 12.8 Å². The zero-order valence-corrected chi connectivity index (χ0v) is 14.0. The van der Waals surface area contributed by atoms with Gasteiger partial charge in [-0.2, -0.15) is 0 Å². The summed E-state index contributed by atoms with van der Waals surface area (Å²) in [6, 6.07) is 1.14. The van der Waals surface area contributed by atoms with E-state index in [1.807, 2.05) is 0 Å². The Labute approximate surface area is 138 Å². The lowest BCUT2D eigenvalue weighted by Crippen LogP contribution is -2.36. The van der Waals surface area contributed by atoms with Gasteiger partial charge in [0.05, 0.1) is 5.39 Å². The Bertz CT molecular complexity index is 750. The number of rotatable bonds is 3. The SMILES string of the molecule is [2H]C1([2H])Cc2sc3ncnc(N[C@H]4CC[C@H](N(C)C)CC4)c3c2C1. The van der Waals surface area contributed by atoms with Crippen LogP contribution in [0.2, 0.25) is 0 Å². The average Bonchev–Trinajstić information content (AvgIpc) is 2.99. The van der Waals surface area contributed by atoms with Crippen LogP contribution >= 0.6 is 11.3 Å². The van der Waals surface area contributed by atoms with Crippen molar-refractivity contribution in [2.24, 2.45) is 0 Å². The molecule has 0 aromatic carbocycles. The summed E-state index contributed by atoms with van der Waals surface area (Å²) in [5, 5.41) is 4.70. The Morgan fingerprint density at radius 2 is 2.05 bits per heavy atom. The molecule has 5 heteroatoms. The number of nitrogens with one attached hydrogen (secondary N) is 1. The van der Waals surface area contributed by atoms with E-state index in [9.17, 15) is 0 Å². The standard InChI is InChI=1S/C17H24N4S/c1-21(2)12-8-6-11(7-9-12)20-16-15-13-4-3-5-14(13)22-17(15)19-10-18-16/h10-12H,3-9H2,1-2H3,(H,18,19,20)/t11-,12-/i3D2. The summed E-state index contributed by atoms with van der Waals surface area (Å²) in [5.41, 5.74) is 1.13. The van der Waals surface area contributed by atoms with Crippen molar-refractivity contribution in [3.05, 3.63) is 16.8 Å². The smallest absolute Gasteiger partial charge is 0.138 e. The molecule has 2 aromatic rings. The van der Waals surface area contributed by atoms with Gasteiger partial charge in [0, 0.05) is 19.7 Å². The highest BCUT2D eigenvalue weighted by atomic mass is 32.1. The molecule has 0 bridgehead atoms. The lowest BCUT2D eigenvalue weighted by atomic mass is 9.90. The van der Waals surface area contributed by atoms with Crippen molar-refractivity contribution >= 4 is 27.4 Å². The third-order valence-corrected chi connectivity index (χ3v) is 6.17. The van der Waals surface area contributed by atoms with Crippen molar-refractivity contribution in [2.75, 3.05) is 19.4 Å². The van der Waals surface area contributed by atoms with Gasteiger partial charge in [-0.15, -0.1) is 11.3 Å². The van der Waals surface area contributed by atoms with E-state index in [0.29, 0.717) is 24.9 Å². The molecular weight excluding hydrogens is 292 g/mol. The van der Waals surface area contributed by atoms with E-state index in [1.165, 1.54) is 12.8 Å². The molecule has 22 heavy (non-hydrogen) atoms. The summed E-state index contributed by atoms with van der Waals surface area (Å²) in [4.78, 5) is 13.4. The largest absolute Gasteiger partial charge is 0.367 e. The highest BCUT2D eigenvalue weighted by molar-refractivity contribution is 7.19. The van der Waals surface area contributed by atoms with Gasteiger partial charge in [0.25, 0.3) is 0 Å². The first-order valence-electron chi connectivity index (χ1n) is 9.11. The Hall–Kier alpha value is -1.20. The maximum Gasteiger partial charge on any atom is 0.138 e. The first-order valence-corrected chi connectivity index (χ1v) is 8.93. The van der Waals surface area contributed by atoms with Gasteiger partial charge >= 0.3 is 0 Å². The second-order valence-corrected chi connectivity index (χ2v) is 7.71. The highest BCUT2D eigenvalue weighted by Gasteiger charge is 2.25. The van der Waals surface area contributed by atoms with E-state index in [4.69, 9.17) is 2.74 Å². The Kier molecular flexibility index (Phi) is 3.22. The topological polar surface area (TPSA) is 41.1 Å². The minimum atomic E-state index is -1.12. The Balaban J connectivity index is 1.57. The van der Waals surface area contributed by atoms with Crippen LogP contribution in [0.4, 0.5) is 5.82 Å². The summed E-state index contributed by atoms with van der Waals surface area (Å²) >= 11 is 1.63. The number of fused-ring (bicyclic) bond motifs is 3. The lowest BCUT2D eigenvalue weighted by molar-refractivity contribution is 0.221. The molecule has 118 valence electrons. The van der Waals surface area contributed by atoms with Gasteiger partial charge in [-0.1, -0.05) is 0 Å². The molecule has 4 nitrogen and oxygen atoms in total. The zero-order valence-electron chi connectivity index (χ0n) is 15.2. The van der Waals surface area contributed by atoms with Gasteiger partial charge < -0.3 is 10.2 Å². The third-order valence-electron chi connectivity index (χ3n) is 5.03. The summed E-state index contributed by atoms with van der Waals surface area (Å²) < 4.78 is 16.1. The second-order valence-electron chi connectivity index (χ2n) is 6.62. The number of aromatic nitrogens is 2. The number of aryl methyl sites for hydroxylation is 2. The summed E-state index contributed by atoms with van der Waals surface area (Å²) in [6.45, 7) is 0. The van der Waals surface area contributed by atoms with Crippen LogP contribution in [0.3, 0.4) is 0 Å². The van der Waals surface area contributed by atoms with E-state index in [-0.39, 0.29) is 0 Å². The molecular formula is C17H24N4S. The van der Waals surface area contributed by atoms with E-state index in [1.54, 1.807) is 17.7 Å². The average molecular weight is 318 g/mol. The molecule has 4 rings (SSSR count). The molecule has 0 spiro atoms. The zero-order chi connectivity index (χ0) is 16.9. The molecule has 0 radical (unpaired) electrons. The molecule has 1 fully saturated rings. The van der Waals surface area contributed by atoms with E-state index >= 15 is 0 Å². The molecule has 1 saturated carbocycles. The van der Waals surface area contributed by atoms with Gasteiger partial charge in [0.2, 0.25) is 0 Å².